The van der Waals surface area contributed by atoms with Gasteiger partial charge in [-0.15, -0.1) is 0 Å². The molecule has 0 aliphatic carbocycles. The molecule has 1 aliphatic heterocycles. The van der Waals surface area contributed by atoms with Gasteiger partial charge in [-0.3, -0.25) is 0 Å². The Morgan fingerprint density at radius 3 is 2.33 bits per heavy atom. The van der Waals surface area contributed by atoms with Crippen LogP contribution in [0.3, 0.4) is 0 Å². The second kappa shape index (κ2) is 2.70. The van der Waals surface area contributed by atoms with Crippen molar-refractivity contribution in [2.45, 2.75) is 6.92 Å². The van der Waals surface area contributed by atoms with Crippen molar-refractivity contribution in [2.24, 2.45) is 5.92 Å². The van der Waals surface area contributed by atoms with Crippen LogP contribution in [-0.4, -0.2) is 13.1 Å². The monoisotopic (exact) mass is 162 g/mol. The van der Waals surface area contributed by atoms with Gasteiger partial charge in [0.1, 0.15) is 0 Å². The van der Waals surface area contributed by atoms with E-state index in [-0.39, 0.29) is 0 Å². The third-order valence-corrected chi connectivity index (χ3v) is 2.32. The minimum absolute atomic E-state index is 0.840. The van der Waals surface area contributed by atoms with Crippen molar-refractivity contribution in [1.29, 1.82) is 0 Å². The molecule has 12 heavy (non-hydrogen) atoms. The molecule has 0 radical (unpaired) electrons. The highest BCUT2D eigenvalue weighted by atomic mass is 15.2. The molecular formula is C10H14N2. The van der Waals surface area contributed by atoms with Gasteiger partial charge in [0.15, 0.2) is 0 Å². The lowest BCUT2D eigenvalue weighted by molar-refractivity contribution is 0.447. The molecule has 1 aromatic carbocycles. The quantitative estimate of drug-likeness (QED) is 0.637. The first-order valence-electron chi connectivity index (χ1n) is 4.36. The van der Waals surface area contributed by atoms with Crippen LogP contribution in [0.1, 0.15) is 6.92 Å². The lowest BCUT2D eigenvalue weighted by atomic mass is 10.0. The molecule has 64 valence electrons. The molecule has 1 saturated heterocycles. The average molecular weight is 162 g/mol. The lowest BCUT2D eigenvalue weighted by Gasteiger charge is -2.39. The standard InChI is InChI=1S/C10H14N2/c1-8-6-12(7-8)10-4-2-9(11)3-5-10/h2-5,8H,6-7,11H2,1H3. The summed E-state index contributed by atoms with van der Waals surface area (Å²) >= 11 is 0. The molecule has 1 heterocycles. The summed E-state index contributed by atoms with van der Waals surface area (Å²) in [6.07, 6.45) is 0. The second-order valence-electron chi connectivity index (χ2n) is 3.60. The summed E-state index contributed by atoms with van der Waals surface area (Å²) in [7, 11) is 0. The Morgan fingerprint density at radius 1 is 1.25 bits per heavy atom. The van der Waals surface area contributed by atoms with Crippen molar-refractivity contribution in [3.05, 3.63) is 24.3 Å². The zero-order valence-electron chi connectivity index (χ0n) is 7.33. The number of benzene rings is 1. The smallest absolute Gasteiger partial charge is 0.0367 e. The summed E-state index contributed by atoms with van der Waals surface area (Å²) in [6.45, 7) is 4.64. The number of rotatable bonds is 1. The van der Waals surface area contributed by atoms with Crippen LogP contribution in [0.5, 0.6) is 0 Å². The van der Waals surface area contributed by atoms with Gasteiger partial charge in [-0.05, 0) is 30.2 Å². The third kappa shape index (κ3) is 1.24. The molecule has 0 saturated carbocycles. The summed E-state index contributed by atoms with van der Waals surface area (Å²) < 4.78 is 0. The molecule has 1 aromatic rings. The zero-order chi connectivity index (χ0) is 8.55. The average Bonchev–Trinajstić information content (AvgIpc) is 2.01. The molecule has 1 aliphatic rings. The molecule has 0 atom stereocenters. The molecule has 0 spiro atoms. The first-order valence-corrected chi connectivity index (χ1v) is 4.36. The number of nitrogens with two attached hydrogens (primary N) is 1. The number of nitrogens with zero attached hydrogens (tertiary/aromatic N) is 1. The van der Waals surface area contributed by atoms with Crippen LogP contribution in [0, 0.1) is 5.92 Å². The fourth-order valence-electron chi connectivity index (χ4n) is 1.59. The van der Waals surface area contributed by atoms with E-state index in [4.69, 9.17) is 5.73 Å². The van der Waals surface area contributed by atoms with Crippen molar-refractivity contribution in [2.75, 3.05) is 23.7 Å². The SMILES string of the molecule is CC1CN(c2ccc(N)cc2)C1. The van der Waals surface area contributed by atoms with Gasteiger partial charge in [0, 0.05) is 24.5 Å². The normalized spacial score (nSPS) is 17.6. The first-order chi connectivity index (χ1) is 5.75. The van der Waals surface area contributed by atoms with Gasteiger partial charge in [-0.1, -0.05) is 6.92 Å². The van der Waals surface area contributed by atoms with E-state index in [0.717, 1.165) is 11.6 Å². The van der Waals surface area contributed by atoms with Crippen LogP contribution < -0.4 is 10.6 Å². The Labute approximate surface area is 73.0 Å². The van der Waals surface area contributed by atoms with Gasteiger partial charge in [0.25, 0.3) is 0 Å². The Kier molecular flexibility index (Phi) is 1.68. The predicted octanol–water partition coefficient (Wildman–Crippen LogP) is 1.72. The van der Waals surface area contributed by atoms with E-state index >= 15 is 0 Å². The largest absolute Gasteiger partial charge is 0.399 e. The molecular weight excluding hydrogens is 148 g/mol. The maximum atomic E-state index is 5.60. The van der Waals surface area contributed by atoms with Gasteiger partial charge < -0.3 is 10.6 Å². The van der Waals surface area contributed by atoms with Crippen molar-refractivity contribution in [3.63, 3.8) is 0 Å². The summed E-state index contributed by atoms with van der Waals surface area (Å²) in [5.74, 6) is 0.850. The summed E-state index contributed by atoms with van der Waals surface area (Å²) in [6, 6.07) is 8.08. The van der Waals surface area contributed by atoms with Gasteiger partial charge >= 0.3 is 0 Å². The maximum absolute atomic E-state index is 5.60. The van der Waals surface area contributed by atoms with Crippen LogP contribution >= 0.6 is 0 Å². The fraction of sp³-hybridized carbons (Fsp3) is 0.400. The van der Waals surface area contributed by atoms with E-state index in [9.17, 15) is 0 Å². The topological polar surface area (TPSA) is 29.3 Å². The van der Waals surface area contributed by atoms with Crippen LogP contribution in [0.15, 0.2) is 24.3 Å². The van der Waals surface area contributed by atoms with Crippen molar-refractivity contribution >= 4 is 11.4 Å². The Bertz CT molecular complexity index is 260. The van der Waals surface area contributed by atoms with Crippen molar-refractivity contribution < 1.29 is 0 Å². The molecule has 1 fully saturated rings. The van der Waals surface area contributed by atoms with Crippen LogP contribution in [-0.2, 0) is 0 Å². The highest BCUT2D eigenvalue weighted by Crippen LogP contribution is 2.24. The van der Waals surface area contributed by atoms with E-state index < -0.39 is 0 Å². The van der Waals surface area contributed by atoms with Crippen molar-refractivity contribution in [3.8, 4) is 0 Å². The minimum Gasteiger partial charge on any atom is -0.399 e. The second-order valence-corrected chi connectivity index (χ2v) is 3.60. The van der Waals surface area contributed by atoms with Crippen molar-refractivity contribution in [1.82, 2.24) is 0 Å². The Morgan fingerprint density at radius 2 is 1.83 bits per heavy atom. The molecule has 0 aromatic heterocycles. The molecule has 2 heteroatoms. The van der Waals surface area contributed by atoms with E-state index in [1.54, 1.807) is 0 Å². The lowest BCUT2D eigenvalue weighted by Crippen LogP contribution is -2.45. The van der Waals surface area contributed by atoms with Crippen LogP contribution in [0.4, 0.5) is 11.4 Å². The van der Waals surface area contributed by atoms with Gasteiger partial charge in [-0.2, -0.15) is 0 Å². The van der Waals surface area contributed by atoms with E-state index in [1.165, 1.54) is 18.8 Å². The van der Waals surface area contributed by atoms with E-state index in [1.807, 2.05) is 12.1 Å². The Balaban J connectivity index is 2.09. The summed E-state index contributed by atoms with van der Waals surface area (Å²) in [4.78, 5) is 2.37. The molecule has 0 unspecified atom stereocenters. The predicted molar refractivity (Wildman–Crippen MR) is 52.2 cm³/mol. The van der Waals surface area contributed by atoms with E-state index in [2.05, 4.69) is 24.0 Å². The molecule has 2 nitrogen and oxygen atoms in total. The Hall–Kier alpha value is -1.18. The summed E-state index contributed by atoms with van der Waals surface area (Å²) in [5.41, 5.74) is 7.73. The van der Waals surface area contributed by atoms with Gasteiger partial charge in [0.2, 0.25) is 0 Å². The third-order valence-electron chi connectivity index (χ3n) is 2.32. The van der Waals surface area contributed by atoms with Gasteiger partial charge in [-0.25, -0.2) is 0 Å². The van der Waals surface area contributed by atoms with Gasteiger partial charge in [0.05, 0.1) is 0 Å². The molecule has 2 rings (SSSR count). The molecule has 2 N–H and O–H groups in total. The minimum atomic E-state index is 0.840. The summed E-state index contributed by atoms with van der Waals surface area (Å²) in [5, 5.41) is 0. The highest BCUT2D eigenvalue weighted by Gasteiger charge is 2.21. The molecule has 0 bridgehead atoms. The number of nitrogen functional groups attached to an aromatic ring is 1. The number of hydrogen-bond acceptors (Lipinski definition) is 2. The zero-order valence-corrected chi connectivity index (χ0v) is 7.33. The number of hydrogen-bond donors (Lipinski definition) is 1. The first kappa shape index (κ1) is 7.47. The highest BCUT2D eigenvalue weighted by molar-refractivity contribution is 5.54. The molecule has 0 amide bonds. The maximum Gasteiger partial charge on any atom is 0.0367 e. The fourth-order valence-corrected chi connectivity index (χ4v) is 1.59. The van der Waals surface area contributed by atoms with E-state index in [0.29, 0.717) is 0 Å². The number of anilines is 2. The van der Waals surface area contributed by atoms with Crippen LogP contribution in [0.2, 0.25) is 0 Å². The van der Waals surface area contributed by atoms with Crippen LogP contribution in [0.25, 0.3) is 0 Å².